The van der Waals surface area contributed by atoms with Gasteiger partial charge in [0.2, 0.25) is 0 Å². The van der Waals surface area contributed by atoms with Crippen molar-refractivity contribution in [1.29, 1.82) is 0 Å². The number of hydrogen-bond acceptors (Lipinski definition) is 13. The molecule has 11 nitrogen and oxygen atoms in total. The molecule has 0 aromatic carbocycles. The van der Waals surface area contributed by atoms with Crippen LogP contribution in [-0.4, -0.2) is 113 Å². The van der Waals surface area contributed by atoms with Gasteiger partial charge in [0.25, 0.3) is 0 Å². The van der Waals surface area contributed by atoms with Gasteiger partial charge in [0.05, 0.1) is 69.3 Å². The number of carbonyl (C=O) groups is 1. The third-order valence-corrected chi connectivity index (χ3v) is 10.2. The topological polar surface area (TPSA) is 100 Å². The molecule has 15 heteroatoms. The minimum Gasteiger partial charge on any atom is -0.374 e. The summed E-state index contributed by atoms with van der Waals surface area (Å²) in [6.07, 6.45) is 6.96. The van der Waals surface area contributed by atoms with Crippen molar-refractivity contribution in [2.45, 2.75) is 25.3 Å². The molecule has 2 unspecified atom stereocenters. The van der Waals surface area contributed by atoms with Crippen molar-refractivity contribution in [1.82, 2.24) is 29.7 Å². The molecule has 4 aromatic rings. The van der Waals surface area contributed by atoms with E-state index in [9.17, 15) is 4.79 Å². The molecule has 0 N–H and O–H groups in total. The highest BCUT2D eigenvalue weighted by Gasteiger charge is 2.38. The lowest BCUT2D eigenvalue weighted by Crippen LogP contribution is -2.61. The predicted octanol–water partition coefficient (Wildman–Crippen LogP) is 4.38. The molecular weight excluding hydrogens is 667 g/mol. The summed E-state index contributed by atoms with van der Waals surface area (Å²) in [5, 5.41) is 1.22. The Morgan fingerprint density at radius 2 is 1.11 bits per heavy atom. The number of anilines is 2. The number of Topliss-reactive ketones (excluding diaryl/α,β-unsaturated/α-hetero) is 1. The first-order valence-electron chi connectivity index (χ1n) is 15.2. The molecule has 0 radical (unpaired) electrons. The van der Waals surface area contributed by atoms with Crippen LogP contribution in [0.4, 0.5) is 11.6 Å². The summed E-state index contributed by atoms with van der Waals surface area (Å²) in [6.45, 7) is 7.20. The molecule has 2 atom stereocenters. The van der Waals surface area contributed by atoms with Crippen molar-refractivity contribution in [2.24, 2.45) is 0 Å². The number of ether oxygens (including phenoxy) is 2. The van der Waals surface area contributed by atoms with Gasteiger partial charge in [0, 0.05) is 77.1 Å². The molecule has 2 saturated heterocycles. The molecule has 0 amide bonds. The molecular formula is C31H36Cl2N8O3S2. The molecule has 6 rings (SSSR count). The maximum Gasteiger partial charge on any atom is 0.171 e. The van der Waals surface area contributed by atoms with E-state index in [1.54, 1.807) is 46.1 Å². The summed E-state index contributed by atoms with van der Waals surface area (Å²) < 4.78 is 12.4. The Morgan fingerprint density at radius 3 is 1.46 bits per heavy atom. The Morgan fingerprint density at radius 1 is 0.674 bits per heavy atom. The van der Waals surface area contributed by atoms with Crippen molar-refractivity contribution >= 4 is 63.3 Å². The van der Waals surface area contributed by atoms with Crippen molar-refractivity contribution in [3.63, 3.8) is 0 Å². The van der Waals surface area contributed by atoms with Gasteiger partial charge in [0.15, 0.2) is 5.78 Å². The lowest BCUT2D eigenvalue weighted by atomic mass is 10.0. The predicted molar refractivity (Wildman–Crippen MR) is 182 cm³/mol. The molecule has 0 spiro atoms. The summed E-state index contributed by atoms with van der Waals surface area (Å²) in [4.78, 5) is 43.0. The lowest BCUT2D eigenvalue weighted by Gasteiger charge is -2.43. The number of nitrogens with zero attached hydrogens (tertiary/aromatic N) is 8. The highest BCUT2D eigenvalue weighted by Crippen LogP contribution is 2.22. The van der Waals surface area contributed by atoms with Gasteiger partial charge in [-0.25, -0.2) is 9.97 Å². The molecule has 0 bridgehead atoms. The molecule has 0 saturated carbocycles. The van der Waals surface area contributed by atoms with E-state index in [0.717, 1.165) is 47.6 Å². The van der Waals surface area contributed by atoms with Crippen molar-refractivity contribution in [2.75, 3.05) is 75.4 Å². The second kappa shape index (κ2) is 16.4. The first-order valence-corrected chi connectivity index (χ1v) is 17.7. The van der Waals surface area contributed by atoms with Gasteiger partial charge < -0.3 is 19.3 Å². The number of halogens is 2. The molecule has 4 aromatic heterocycles. The molecule has 2 aliphatic heterocycles. The molecule has 2 fully saturated rings. The van der Waals surface area contributed by atoms with Crippen LogP contribution < -0.4 is 9.80 Å². The highest BCUT2D eigenvalue weighted by molar-refractivity contribution is 7.09. The van der Waals surface area contributed by atoms with Crippen LogP contribution in [0.2, 0.25) is 10.0 Å². The highest BCUT2D eigenvalue weighted by atomic mass is 35.5. The Hall–Kier alpha value is -2.75. The van der Waals surface area contributed by atoms with Crippen LogP contribution in [0.5, 0.6) is 0 Å². The van der Waals surface area contributed by atoms with Gasteiger partial charge in [-0.3, -0.25) is 24.6 Å². The summed E-state index contributed by atoms with van der Waals surface area (Å²) in [6, 6.07) is 6.73. The molecule has 6 heterocycles. The van der Waals surface area contributed by atoms with E-state index < -0.39 is 12.1 Å². The number of piperazine rings is 2. The van der Waals surface area contributed by atoms with Gasteiger partial charge in [-0.2, -0.15) is 0 Å². The maximum absolute atomic E-state index is 14.7. The first-order chi connectivity index (χ1) is 22.5. The number of carbonyl (C=O) groups excluding carboxylic acids is 1. The normalized spacial score (nSPS) is 17.7. The minimum atomic E-state index is -0.429. The smallest absolute Gasteiger partial charge is 0.171 e. The van der Waals surface area contributed by atoms with Gasteiger partial charge in [-0.1, -0.05) is 23.2 Å². The van der Waals surface area contributed by atoms with E-state index in [4.69, 9.17) is 32.7 Å². The van der Waals surface area contributed by atoms with Crippen LogP contribution >= 0.6 is 45.9 Å². The first kappa shape index (κ1) is 33.2. The van der Waals surface area contributed by atoms with E-state index in [1.165, 1.54) is 0 Å². The van der Waals surface area contributed by atoms with Crippen LogP contribution in [-0.2, 0) is 27.5 Å². The van der Waals surface area contributed by atoms with Crippen molar-refractivity contribution < 1.29 is 14.3 Å². The van der Waals surface area contributed by atoms with Crippen LogP contribution in [0.3, 0.4) is 0 Å². The average Bonchev–Trinajstić information content (AvgIpc) is 3.81. The van der Waals surface area contributed by atoms with E-state index in [0.29, 0.717) is 49.4 Å². The average molecular weight is 704 g/mol. The zero-order valence-electron chi connectivity index (χ0n) is 25.3. The summed E-state index contributed by atoms with van der Waals surface area (Å²) in [5.74, 6) is 1.89. The third kappa shape index (κ3) is 8.78. The van der Waals surface area contributed by atoms with Crippen LogP contribution in [0.25, 0.3) is 0 Å². The molecule has 46 heavy (non-hydrogen) atoms. The molecule has 244 valence electrons. The Bertz CT molecular complexity index is 1370. The SMILES string of the molecule is O=C(C(COCc1cncs1)N1CCN(c2ccc(Cl)cn2)CC1)C(COCc1cncs1)N1CCN(c2ccc(Cl)cn2)CC1. The monoisotopic (exact) mass is 702 g/mol. The fraction of sp³-hybridized carbons (Fsp3) is 0.452. The second-order valence-corrected chi connectivity index (χ2v) is 13.9. The number of rotatable bonds is 14. The number of hydrogen-bond donors (Lipinski definition) is 0. The van der Waals surface area contributed by atoms with E-state index in [-0.39, 0.29) is 19.0 Å². The van der Waals surface area contributed by atoms with Gasteiger partial charge in [0.1, 0.15) is 11.6 Å². The number of thiazole rings is 2. The standard InChI is InChI=1S/C31H36Cl2N8O3S2/c32-23-1-3-29(36-13-23)40-9-5-38(6-10-40)27(19-43-17-25-15-34-21-45-25)31(42)28(20-44-18-26-16-35-22-46-26)39-7-11-41(12-8-39)30-4-2-24(33)14-37-30/h1-4,13-16,21-22,27-28H,5-12,17-20H2. The summed E-state index contributed by atoms with van der Waals surface area (Å²) in [7, 11) is 0. The van der Waals surface area contributed by atoms with E-state index in [2.05, 4.69) is 39.5 Å². The molecule has 0 aliphatic carbocycles. The summed E-state index contributed by atoms with van der Waals surface area (Å²) in [5.41, 5.74) is 3.59. The maximum atomic E-state index is 14.7. The Balaban J connectivity index is 1.16. The summed E-state index contributed by atoms with van der Waals surface area (Å²) >= 11 is 15.2. The lowest BCUT2D eigenvalue weighted by molar-refractivity contribution is -0.135. The fourth-order valence-corrected chi connectivity index (χ4v) is 7.05. The van der Waals surface area contributed by atoms with Crippen molar-refractivity contribution in [3.05, 3.63) is 79.9 Å². The van der Waals surface area contributed by atoms with Crippen LogP contribution in [0.1, 0.15) is 9.75 Å². The zero-order valence-corrected chi connectivity index (χ0v) is 28.4. The number of aromatic nitrogens is 4. The second-order valence-electron chi connectivity index (χ2n) is 11.1. The van der Waals surface area contributed by atoms with E-state index in [1.807, 2.05) is 36.7 Å². The molecule has 2 aliphatic rings. The fourth-order valence-electron chi connectivity index (χ4n) is 5.76. The van der Waals surface area contributed by atoms with Crippen LogP contribution in [0.15, 0.2) is 60.1 Å². The Labute approximate surface area is 286 Å². The van der Waals surface area contributed by atoms with Gasteiger partial charge in [-0.05, 0) is 24.3 Å². The number of ketones is 1. The zero-order chi connectivity index (χ0) is 31.7. The quantitative estimate of drug-likeness (QED) is 0.187. The van der Waals surface area contributed by atoms with Gasteiger partial charge in [-0.15, -0.1) is 22.7 Å². The van der Waals surface area contributed by atoms with Crippen LogP contribution in [0, 0.1) is 0 Å². The Kier molecular flexibility index (Phi) is 11.8. The number of pyridine rings is 2. The third-order valence-electron chi connectivity index (χ3n) is 8.25. The van der Waals surface area contributed by atoms with Gasteiger partial charge >= 0.3 is 0 Å². The minimum absolute atomic E-state index is 0.116. The van der Waals surface area contributed by atoms with E-state index >= 15 is 0 Å². The van der Waals surface area contributed by atoms with Crippen molar-refractivity contribution in [3.8, 4) is 0 Å². The largest absolute Gasteiger partial charge is 0.374 e.